The number of carboxylic acids is 1. The molecule has 11 heteroatoms. The number of alkyl halides is 3. The van der Waals surface area contributed by atoms with Gasteiger partial charge in [-0.05, 0) is 56.8 Å². The Morgan fingerprint density at radius 1 is 1.07 bits per heavy atom. The van der Waals surface area contributed by atoms with Crippen LogP contribution in [0.25, 0.3) is 0 Å². The molecule has 0 radical (unpaired) electrons. The first kappa shape index (κ1) is 20.2. The fraction of sp³-hybridized carbons (Fsp3) is 0.812. The maximum Gasteiger partial charge on any atom is 0.455 e. The van der Waals surface area contributed by atoms with Gasteiger partial charge >= 0.3 is 18.2 Å². The molecule has 3 atom stereocenters. The van der Waals surface area contributed by atoms with E-state index < -0.39 is 18.0 Å². The van der Waals surface area contributed by atoms with Crippen LogP contribution >= 0.6 is 12.4 Å². The fourth-order valence-electron chi connectivity index (χ4n) is 4.71. The molecular weight excluding hydrogens is 389 g/mol. The second-order valence-electron chi connectivity index (χ2n) is 7.46. The van der Waals surface area contributed by atoms with Crippen LogP contribution in [-0.4, -0.2) is 57.3 Å². The highest BCUT2D eigenvalue weighted by Gasteiger charge is 2.46. The number of carboxylic acid groups (broad SMARTS) is 1. The zero-order valence-electron chi connectivity index (χ0n) is 14.6. The third kappa shape index (κ3) is 3.87. The van der Waals surface area contributed by atoms with Crippen molar-refractivity contribution in [3.63, 3.8) is 0 Å². The van der Waals surface area contributed by atoms with Gasteiger partial charge in [0.25, 0.3) is 5.82 Å². The molecule has 3 aliphatic heterocycles. The molecule has 27 heavy (non-hydrogen) atoms. The van der Waals surface area contributed by atoms with Crippen LogP contribution in [0.1, 0.15) is 44.3 Å². The predicted molar refractivity (Wildman–Crippen MR) is 90.8 cm³/mol. The number of rotatable bonds is 3. The van der Waals surface area contributed by atoms with Gasteiger partial charge in [-0.1, -0.05) is 0 Å². The van der Waals surface area contributed by atoms with Crippen LogP contribution in [0.4, 0.5) is 19.2 Å². The van der Waals surface area contributed by atoms with Crippen molar-refractivity contribution in [3.05, 3.63) is 5.82 Å². The summed E-state index contributed by atoms with van der Waals surface area (Å²) in [5, 5.41) is 12.2. The Hall–Kier alpha value is -1.55. The first-order valence-corrected chi connectivity index (χ1v) is 8.99. The van der Waals surface area contributed by atoms with E-state index in [-0.39, 0.29) is 36.4 Å². The van der Waals surface area contributed by atoms with Crippen LogP contribution in [0, 0.1) is 5.92 Å². The molecule has 3 saturated heterocycles. The van der Waals surface area contributed by atoms with Crippen molar-refractivity contribution in [2.45, 2.75) is 62.8 Å². The van der Waals surface area contributed by atoms with E-state index in [0.717, 1.165) is 38.8 Å². The van der Waals surface area contributed by atoms with Crippen molar-refractivity contribution in [2.75, 3.05) is 18.0 Å². The van der Waals surface area contributed by atoms with E-state index in [0.29, 0.717) is 18.9 Å². The van der Waals surface area contributed by atoms with Crippen molar-refractivity contribution < 1.29 is 27.6 Å². The maximum absolute atomic E-state index is 12.7. The minimum Gasteiger partial charge on any atom is -0.481 e. The van der Waals surface area contributed by atoms with Gasteiger partial charge in [0.15, 0.2) is 0 Å². The molecule has 4 rings (SSSR count). The number of halogens is 4. The molecule has 7 nitrogen and oxygen atoms in total. The Kier molecular flexibility index (Phi) is 5.58. The molecule has 0 spiro atoms. The third-order valence-corrected chi connectivity index (χ3v) is 5.99. The molecule has 1 aromatic heterocycles. The molecule has 4 heterocycles. The van der Waals surface area contributed by atoms with Crippen LogP contribution in [0.15, 0.2) is 4.52 Å². The summed E-state index contributed by atoms with van der Waals surface area (Å²) >= 11 is 0. The summed E-state index contributed by atoms with van der Waals surface area (Å²) in [6.45, 7) is 1.53. The molecule has 1 N–H and O–H groups in total. The molecule has 3 fully saturated rings. The number of aromatic nitrogens is 2. The second-order valence-corrected chi connectivity index (χ2v) is 7.46. The monoisotopic (exact) mass is 410 g/mol. The molecule has 3 aliphatic rings. The number of carbonyl (C=O) groups is 1. The Bertz CT molecular complexity index is 664. The number of piperidine rings is 2. The quantitative estimate of drug-likeness (QED) is 0.820. The molecule has 152 valence electrons. The number of likely N-dealkylation sites (tertiary alicyclic amines) is 1. The average Bonchev–Trinajstić information content (AvgIpc) is 3.17. The zero-order chi connectivity index (χ0) is 18.5. The molecule has 2 bridgehead atoms. The van der Waals surface area contributed by atoms with Crippen molar-refractivity contribution in [3.8, 4) is 0 Å². The van der Waals surface area contributed by atoms with E-state index in [2.05, 4.69) is 15.0 Å². The predicted octanol–water partition coefficient (Wildman–Crippen LogP) is 2.81. The second kappa shape index (κ2) is 7.46. The lowest BCUT2D eigenvalue weighted by Crippen LogP contribution is -2.52. The first-order chi connectivity index (χ1) is 12.3. The number of hydrogen-bond donors (Lipinski definition) is 1. The van der Waals surface area contributed by atoms with Gasteiger partial charge in [-0.25, -0.2) is 0 Å². The summed E-state index contributed by atoms with van der Waals surface area (Å²) in [6, 6.07) is 0.492. The minimum atomic E-state index is -4.60. The van der Waals surface area contributed by atoms with Crippen molar-refractivity contribution >= 4 is 24.4 Å². The number of anilines is 1. The van der Waals surface area contributed by atoms with E-state index in [1.165, 1.54) is 0 Å². The van der Waals surface area contributed by atoms with Crippen LogP contribution in [0.3, 0.4) is 0 Å². The Morgan fingerprint density at radius 2 is 1.67 bits per heavy atom. The van der Waals surface area contributed by atoms with E-state index in [9.17, 15) is 18.0 Å². The van der Waals surface area contributed by atoms with Crippen LogP contribution in [0.2, 0.25) is 0 Å². The standard InChI is InChI=1S/C16H21F3N4O3.ClH/c17-16(18,19)14-20-15(26-21-14)23-10-1-2-11(23)8-12(7-10)22-5-3-9(4-6-22)13(24)25;/h9-12H,1-8H2,(H,24,25);1H/t10-,11+,12+;. The molecule has 0 unspecified atom stereocenters. The molecule has 0 amide bonds. The lowest BCUT2D eigenvalue weighted by molar-refractivity contribution is -0.146. The summed E-state index contributed by atoms with van der Waals surface area (Å²) in [5.74, 6) is -2.22. The van der Waals surface area contributed by atoms with Gasteiger partial charge in [-0.3, -0.25) is 4.79 Å². The summed E-state index contributed by atoms with van der Waals surface area (Å²) < 4.78 is 43.1. The van der Waals surface area contributed by atoms with E-state index in [4.69, 9.17) is 9.63 Å². The molecule has 0 aromatic carbocycles. The van der Waals surface area contributed by atoms with Crippen LogP contribution in [-0.2, 0) is 11.0 Å². The van der Waals surface area contributed by atoms with Gasteiger partial charge in [-0.2, -0.15) is 18.2 Å². The average molecular weight is 411 g/mol. The van der Waals surface area contributed by atoms with Gasteiger partial charge < -0.3 is 19.4 Å². The lowest BCUT2D eigenvalue weighted by Gasteiger charge is -2.44. The SMILES string of the molecule is Cl.O=C(O)C1CCN([C@H]2C[C@H]3CC[C@@H](C2)N3c2nc(C(F)(F)F)no2)CC1. The third-order valence-electron chi connectivity index (χ3n) is 5.99. The summed E-state index contributed by atoms with van der Waals surface area (Å²) in [4.78, 5) is 18.9. The number of fused-ring (bicyclic) bond motifs is 2. The maximum atomic E-state index is 12.7. The van der Waals surface area contributed by atoms with E-state index >= 15 is 0 Å². The van der Waals surface area contributed by atoms with E-state index in [1.807, 2.05) is 4.90 Å². The zero-order valence-corrected chi connectivity index (χ0v) is 15.4. The first-order valence-electron chi connectivity index (χ1n) is 8.99. The highest BCUT2D eigenvalue weighted by Crippen LogP contribution is 2.41. The molecule has 0 aliphatic carbocycles. The van der Waals surface area contributed by atoms with Gasteiger partial charge in [0.1, 0.15) is 0 Å². The van der Waals surface area contributed by atoms with E-state index in [1.54, 1.807) is 0 Å². The molecule has 1 aromatic rings. The number of aliphatic carboxylic acids is 1. The Labute approximate surface area is 160 Å². The fourth-order valence-corrected chi connectivity index (χ4v) is 4.71. The van der Waals surface area contributed by atoms with Crippen molar-refractivity contribution in [1.29, 1.82) is 0 Å². The Morgan fingerprint density at radius 3 is 2.15 bits per heavy atom. The minimum absolute atomic E-state index is 0. The highest BCUT2D eigenvalue weighted by atomic mass is 35.5. The largest absolute Gasteiger partial charge is 0.481 e. The summed E-state index contributed by atoms with van der Waals surface area (Å²) in [6.07, 6.45) is 0.170. The topological polar surface area (TPSA) is 82.7 Å². The van der Waals surface area contributed by atoms with Crippen molar-refractivity contribution in [1.82, 2.24) is 15.0 Å². The lowest BCUT2D eigenvalue weighted by atomic mass is 9.91. The molecule has 0 saturated carbocycles. The van der Waals surface area contributed by atoms with Gasteiger partial charge in [0.2, 0.25) is 0 Å². The van der Waals surface area contributed by atoms with Gasteiger partial charge in [0.05, 0.1) is 5.92 Å². The summed E-state index contributed by atoms with van der Waals surface area (Å²) in [5.41, 5.74) is 0. The van der Waals surface area contributed by atoms with Gasteiger partial charge in [0, 0.05) is 18.1 Å². The highest BCUT2D eigenvalue weighted by molar-refractivity contribution is 5.85. The van der Waals surface area contributed by atoms with Gasteiger partial charge in [-0.15, -0.1) is 12.4 Å². The van der Waals surface area contributed by atoms with Crippen LogP contribution < -0.4 is 4.90 Å². The normalized spacial score (nSPS) is 29.6. The van der Waals surface area contributed by atoms with Crippen LogP contribution in [0.5, 0.6) is 0 Å². The smallest absolute Gasteiger partial charge is 0.455 e. The molecular formula is C16H22ClF3N4O3. The number of nitrogens with zero attached hydrogens (tertiary/aromatic N) is 4. The Balaban J connectivity index is 0.00000210. The number of hydrogen-bond acceptors (Lipinski definition) is 6. The summed E-state index contributed by atoms with van der Waals surface area (Å²) in [7, 11) is 0. The van der Waals surface area contributed by atoms with Crippen molar-refractivity contribution in [2.24, 2.45) is 5.92 Å².